The molecule has 1 amide bonds. The summed E-state index contributed by atoms with van der Waals surface area (Å²) in [7, 11) is 0. The van der Waals surface area contributed by atoms with Gasteiger partial charge < -0.3 is 20.6 Å². The van der Waals surface area contributed by atoms with Crippen LogP contribution in [0, 0.1) is 12.3 Å². The third kappa shape index (κ3) is 16.0. The highest BCUT2D eigenvalue weighted by molar-refractivity contribution is 5.78. The van der Waals surface area contributed by atoms with Gasteiger partial charge in [-0.2, -0.15) is 0 Å². The Kier molecular flexibility index (Phi) is 16.1. The molecule has 204 valence electrons. The van der Waals surface area contributed by atoms with Crippen molar-refractivity contribution in [2.45, 2.75) is 32.1 Å². The van der Waals surface area contributed by atoms with Crippen LogP contribution in [0.5, 0.6) is 0 Å². The van der Waals surface area contributed by atoms with Crippen molar-refractivity contribution < 1.29 is 34.5 Å². The Morgan fingerprint density at radius 2 is 0.972 bits per heavy atom. The predicted molar refractivity (Wildman–Crippen MR) is 134 cm³/mol. The third-order valence-corrected chi connectivity index (χ3v) is 5.94. The summed E-state index contributed by atoms with van der Waals surface area (Å²) in [5.74, 6) is -0.480. The predicted octanol–water partition coefficient (Wildman–Crippen LogP) is -0.838. The standard InChI is InChI=1S/C24H41N5O7/c1-2-3-4-5-6-7-8-25-21(30)17-26-9-11-27(18-22(31)32)13-15-29(20-24(35)36)16-14-28(12-10-26)19-23(33)34/h1H,3-20H2,(H,25,30)(H,31,32)(H,33,34)(H,35,36). The number of carboxylic acids is 3. The molecule has 0 radical (unpaired) electrons. The van der Waals surface area contributed by atoms with Gasteiger partial charge in [0, 0.05) is 65.3 Å². The molecular formula is C24H41N5O7. The van der Waals surface area contributed by atoms with Gasteiger partial charge in [0.15, 0.2) is 0 Å². The van der Waals surface area contributed by atoms with E-state index in [4.69, 9.17) is 6.42 Å². The molecule has 0 atom stereocenters. The number of carbonyl (C=O) groups excluding carboxylic acids is 1. The molecule has 0 aliphatic carbocycles. The van der Waals surface area contributed by atoms with Gasteiger partial charge in [-0.15, -0.1) is 12.3 Å². The molecule has 12 heteroatoms. The number of terminal acetylenes is 1. The first-order valence-corrected chi connectivity index (χ1v) is 12.4. The van der Waals surface area contributed by atoms with Gasteiger partial charge >= 0.3 is 17.9 Å². The van der Waals surface area contributed by atoms with Crippen LogP contribution in [0.3, 0.4) is 0 Å². The average Bonchev–Trinajstić information content (AvgIpc) is 2.79. The number of rotatable bonds is 14. The quantitative estimate of drug-likeness (QED) is 0.170. The zero-order valence-corrected chi connectivity index (χ0v) is 21.1. The van der Waals surface area contributed by atoms with E-state index in [2.05, 4.69) is 11.2 Å². The summed E-state index contributed by atoms with van der Waals surface area (Å²) in [4.78, 5) is 53.5. The van der Waals surface area contributed by atoms with Crippen molar-refractivity contribution >= 4 is 23.8 Å². The fourth-order valence-corrected chi connectivity index (χ4v) is 3.98. The van der Waals surface area contributed by atoms with Crippen LogP contribution in [0.1, 0.15) is 32.1 Å². The van der Waals surface area contributed by atoms with Gasteiger partial charge in [-0.3, -0.25) is 38.8 Å². The molecular weight excluding hydrogens is 470 g/mol. The summed E-state index contributed by atoms with van der Waals surface area (Å²) in [6.07, 6.45) is 9.85. The highest BCUT2D eigenvalue weighted by Crippen LogP contribution is 2.03. The van der Waals surface area contributed by atoms with Gasteiger partial charge in [0.25, 0.3) is 0 Å². The number of amides is 1. The van der Waals surface area contributed by atoms with Crippen molar-refractivity contribution in [3.8, 4) is 12.3 Å². The second kappa shape index (κ2) is 18.5. The van der Waals surface area contributed by atoms with Crippen molar-refractivity contribution in [2.75, 3.05) is 85.1 Å². The van der Waals surface area contributed by atoms with Crippen LogP contribution < -0.4 is 5.32 Å². The summed E-state index contributed by atoms with van der Waals surface area (Å²) in [5, 5.41) is 30.7. The summed E-state index contributed by atoms with van der Waals surface area (Å²) >= 11 is 0. The second-order valence-corrected chi connectivity index (χ2v) is 9.00. The fraction of sp³-hybridized carbons (Fsp3) is 0.750. The topological polar surface area (TPSA) is 154 Å². The molecule has 0 aromatic heterocycles. The Morgan fingerprint density at radius 3 is 1.33 bits per heavy atom. The zero-order valence-electron chi connectivity index (χ0n) is 21.1. The van der Waals surface area contributed by atoms with E-state index in [1.807, 2.05) is 4.90 Å². The molecule has 36 heavy (non-hydrogen) atoms. The van der Waals surface area contributed by atoms with E-state index < -0.39 is 17.9 Å². The maximum atomic E-state index is 12.5. The number of aliphatic carboxylic acids is 3. The molecule has 12 nitrogen and oxygen atoms in total. The number of hydrogen-bond acceptors (Lipinski definition) is 8. The molecule has 1 heterocycles. The van der Waals surface area contributed by atoms with Gasteiger partial charge in [-0.05, 0) is 12.8 Å². The minimum absolute atomic E-state index is 0.129. The van der Waals surface area contributed by atoms with Crippen LogP contribution in [-0.4, -0.2) is 144 Å². The van der Waals surface area contributed by atoms with Gasteiger partial charge in [-0.25, -0.2) is 0 Å². The van der Waals surface area contributed by atoms with Gasteiger partial charge in [-0.1, -0.05) is 12.8 Å². The zero-order chi connectivity index (χ0) is 26.8. The van der Waals surface area contributed by atoms with E-state index in [1.54, 1.807) is 14.7 Å². The van der Waals surface area contributed by atoms with Gasteiger partial charge in [0.05, 0.1) is 26.2 Å². The Morgan fingerprint density at radius 1 is 0.611 bits per heavy atom. The molecule has 0 aromatic rings. The maximum absolute atomic E-state index is 12.5. The number of nitrogens with one attached hydrogen (secondary N) is 1. The lowest BCUT2D eigenvalue weighted by Crippen LogP contribution is -2.49. The summed E-state index contributed by atoms with van der Waals surface area (Å²) in [6, 6.07) is 0. The summed E-state index contributed by atoms with van der Waals surface area (Å²) in [5.41, 5.74) is 0. The van der Waals surface area contributed by atoms with Crippen molar-refractivity contribution in [1.82, 2.24) is 24.9 Å². The number of nitrogens with zero attached hydrogens (tertiary/aromatic N) is 4. The monoisotopic (exact) mass is 511 g/mol. The van der Waals surface area contributed by atoms with Crippen LogP contribution in [0.4, 0.5) is 0 Å². The maximum Gasteiger partial charge on any atom is 0.317 e. The fourth-order valence-electron chi connectivity index (χ4n) is 3.98. The summed E-state index contributed by atoms with van der Waals surface area (Å²) < 4.78 is 0. The molecule has 0 saturated carbocycles. The van der Waals surface area contributed by atoms with E-state index >= 15 is 0 Å². The first-order chi connectivity index (χ1) is 17.2. The van der Waals surface area contributed by atoms with Crippen molar-refractivity contribution in [3.63, 3.8) is 0 Å². The number of unbranched alkanes of at least 4 members (excludes halogenated alkanes) is 4. The Balaban J connectivity index is 2.75. The largest absolute Gasteiger partial charge is 0.480 e. The Hall–Kier alpha value is -2.72. The molecule has 1 saturated heterocycles. The van der Waals surface area contributed by atoms with E-state index in [9.17, 15) is 34.5 Å². The minimum Gasteiger partial charge on any atom is -0.480 e. The highest BCUT2D eigenvalue weighted by Gasteiger charge is 2.21. The molecule has 4 N–H and O–H groups in total. The van der Waals surface area contributed by atoms with Crippen LogP contribution in [0.25, 0.3) is 0 Å². The average molecular weight is 512 g/mol. The minimum atomic E-state index is -0.999. The molecule has 0 unspecified atom stereocenters. The van der Waals surface area contributed by atoms with E-state index in [0.29, 0.717) is 58.9 Å². The lowest BCUT2D eigenvalue weighted by atomic mass is 10.1. The van der Waals surface area contributed by atoms with E-state index in [0.717, 1.165) is 32.1 Å². The lowest BCUT2D eigenvalue weighted by molar-refractivity contribution is -0.140. The summed E-state index contributed by atoms with van der Waals surface area (Å²) in [6.45, 7) is 3.08. The molecule has 0 bridgehead atoms. The molecule has 1 aliphatic rings. The van der Waals surface area contributed by atoms with Crippen molar-refractivity contribution in [2.24, 2.45) is 0 Å². The highest BCUT2D eigenvalue weighted by atomic mass is 16.4. The van der Waals surface area contributed by atoms with Crippen molar-refractivity contribution in [3.05, 3.63) is 0 Å². The van der Waals surface area contributed by atoms with Gasteiger partial charge in [0.2, 0.25) is 5.91 Å². The lowest BCUT2D eigenvalue weighted by Gasteiger charge is -2.32. The number of carboxylic acid groups (broad SMARTS) is 3. The molecule has 1 aliphatic heterocycles. The van der Waals surface area contributed by atoms with E-state index in [-0.39, 0.29) is 32.1 Å². The Bertz CT molecular complexity index is 711. The van der Waals surface area contributed by atoms with Crippen LogP contribution in [0.2, 0.25) is 0 Å². The van der Waals surface area contributed by atoms with Crippen LogP contribution in [-0.2, 0) is 19.2 Å². The molecule has 0 aromatic carbocycles. The Labute approximate surface area is 213 Å². The first kappa shape index (κ1) is 31.3. The first-order valence-electron chi connectivity index (χ1n) is 12.4. The second-order valence-electron chi connectivity index (χ2n) is 9.00. The molecule has 1 rings (SSSR count). The van der Waals surface area contributed by atoms with Crippen LogP contribution in [0.15, 0.2) is 0 Å². The molecule has 0 spiro atoms. The SMILES string of the molecule is C#CCCCCCCNC(=O)CN1CCN(CC(=O)O)CCN(CC(=O)O)CCN(CC(=O)O)CC1. The van der Waals surface area contributed by atoms with Crippen LogP contribution >= 0.6 is 0 Å². The van der Waals surface area contributed by atoms with Crippen molar-refractivity contribution in [1.29, 1.82) is 0 Å². The smallest absolute Gasteiger partial charge is 0.317 e. The molecule has 1 fully saturated rings. The van der Waals surface area contributed by atoms with Gasteiger partial charge in [0.1, 0.15) is 0 Å². The third-order valence-electron chi connectivity index (χ3n) is 5.94. The number of hydrogen-bond donors (Lipinski definition) is 4. The number of carbonyl (C=O) groups is 4. The normalized spacial score (nSPS) is 17.4. The van der Waals surface area contributed by atoms with E-state index in [1.165, 1.54) is 0 Å².